The number of hydrogen-bond donors (Lipinski definition) is 1. The van der Waals surface area contributed by atoms with Crippen LogP contribution in [0.1, 0.15) is 28.4 Å². The van der Waals surface area contributed by atoms with Crippen LogP contribution in [0, 0.1) is 5.82 Å². The molecule has 1 N–H and O–H groups in total. The largest absolute Gasteiger partial charge is 0.469 e. The highest BCUT2D eigenvalue weighted by Gasteiger charge is 2.20. The minimum Gasteiger partial charge on any atom is -0.469 e. The number of halogens is 1. The zero-order valence-corrected chi connectivity index (χ0v) is 15.0. The van der Waals surface area contributed by atoms with Crippen molar-refractivity contribution >= 4 is 21.7 Å². The van der Waals surface area contributed by atoms with E-state index in [-0.39, 0.29) is 16.9 Å². The highest BCUT2D eigenvalue weighted by Crippen LogP contribution is 2.19. The van der Waals surface area contributed by atoms with Gasteiger partial charge < -0.3 is 10.1 Å². The van der Waals surface area contributed by atoms with Gasteiger partial charge in [0.2, 0.25) is 0 Å². The van der Waals surface area contributed by atoms with Gasteiger partial charge in [-0.15, -0.1) is 0 Å². The number of methoxy groups -OCH3 is 1. The summed E-state index contributed by atoms with van der Waals surface area (Å²) in [5, 5.41) is 2.68. The monoisotopic (exact) mass is 379 g/mol. The van der Waals surface area contributed by atoms with Crippen molar-refractivity contribution in [2.75, 3.05) is 13.4 Å². The molecule has 2 rings (SSSR count). The quantitative estimate of drug-likeness (QED) is 0.778. The Morgan fingerprint density at radius 2 is 1.65 bits per heavy atom. The van der Waals surface area contributed by atoms with Gasteiger partial charge in [0.25, 0.3) is 5.91 Å². The van der Waals surface area contributed by atoms with Gasteiger partial charge in [0, 0.05) is 11.8 Å². The molecule has 26 heavy (non-hydrogen) atoms. The molecule has 0 aromatic heterocycles. The highest BCUT2D eigenvalue weighted by atomic mass is 32.2. The third kappa shape index (κ3) is 5.13. The van der Waals surface area contributed by atoms with Crippen molar-refractivity contribution in [1.29, 1.82) is 0 Å². The summed E-state index contributed by atoms with van der Waals surface area (Å²) in [6.07, 6.45) is 0.943. The van der Waals surface area contributed by atoms with Gasteiger partial charge in [-0.3, -0.25) is 9.59 Å². The number of sulfone groups is 1. The second-order valence-electron chi connectivity index (χ2n) is 5.65. The standard InChI is InChI=1S/C18H18FNO5S/c1-25-17(21)11-16(12-3-7-14(19)8-4-12)20-18(22)13-5-9-15(10-6-13)26(2,23)24/h3-10,16H,11H2,1-2H3,(H,20,22)/t16-/m0/s1. The van der Waals surface area contributed by atoms with Gasteiger partial charge in [-0.2, -0.15) is 0 Å². The average Bonchev–Trinajstić information content (AvgIpc) is 2.61. The Hall–Kier alpha value is -2.74. The Bertz CT molecular complexity index is 892. The Labute approximate surface area is 150 Å². The smallest absolute Gasteiger partial charge is 0.307 e. The van der Waals surface area contributed by atoms with Crippen LogP contribution in [0.3, 0.4) is 0 Å². The van der Waals surface area contributed by atoms with Crippen molar-refractivity contribution in [3.63, 3.8) is 0 Å². The molecule has 0 spiro atoms. The maximum atomic E-state index is 13.1. The molecule has 0 unspecified atom stereocenters. The lowest BCUT2D eigenvalue weighted by molar-refractivity contribution is -0.141. The fourth-order valence-electron chi connectivity index (χ4n) is 2.29. The van der Waals surface area contributed by atoms with Gasteiger partial charge in [0.15, 0.2) is 9.84 Å². The fourth-order valence-corrected chi connectivity index (χ4v) is 2.92. The van der Waals surface area contributed by atoms with Gasteiger partial charge in [-0.05, 0) is 42.0 Å². The maximum Gasteiger partial charge on any atom is 0.307 e. The molecule has 0 heterocycles. The highest BCUT2D eigenvalue weighted by molar-refractivity contribution is 7.90. The fraction of sp³-hybridized carbons (Fsp3) is 0.222. The topological polar surface area (TPSA) is 89.5 Å². The van der Waals surface area contributed by atoms with Crippen LogP contribution in [0.5, 0.6) is 0 Å². The van der Waals surface area contributed by atoms with Crippen LogP contribution in [0.2, 0.25) is 0 Å². The normalized spacial score (nSPS) is 12.3. The molecule has 1 amide bonds. The van der Waals surface area contributed by atoms with Crippen LogP contribution in [-0.4, -0.2) is 33.7 Å². The van der Waals surface area contributed by atoms with Crippen LogP contribution in [0.4, 0.5) is 4.39 Å². The molecule has 138 valence electrons. The van der Waals surface area contributed by atoms with E-state index in [2.05, 4.69) is 10.1 Å². The molecular weight excluding hydrogens is 361 g/mol. The molecule has 0 bridgehead atoms. The predicted molar refractivity (Wildman–Crippen MR) is 92.8 cm³/mol. The van der Waals surface area contributed by atoms with E-state index >= 15 is 0 Å². The molecular formula is C18H18FNO5S. The zero-order valence-electron chi connectivity index (χ0n) is 14.2. The number of carbonyl (C=O) groups is 2. The number of ether oxygens (including phenoxy) is 1. The number of carbonyl (C=O) groups excluding carboxylic acids is 2. The first-order valence-electron chi connectivity index (χ1n) is 7.64. The van der Waals surface area contributed by atoms with Crippen molar-refractivity contribution in [2.45, 2.75) is 17.4 Å². The van der Waals surface area contributed by atoms with E-state index in [9.17, 15) is 22.4 Å². The summed E-state index contributed by atoms with van der Waals surface area (Å²) in [4.78, 5) is 24.2. The number of esters is 1. The van der Waals surface area contributed by atoms with Crippen LogP contribution in [-0.2, 0) is 19.4 Å². The number of benzene rings is 2. The lowest BCUT2D eigenvalue weighted by Crippen LogP contribution is -2.30. The van der Waals surface area contributed by atoms with Crippen molar-refractivity contribution in [1.82, 2.24) is 5.32 Å². The Balaban J connectivity index is 2.22. The van der Waals surface area contributed by atoms with Gasteiger partial charge in [0.1, 0.15) is 5.82 Å². The molecule has 2 aromatic carbocycles. The average molecular weight is 379 g/mol. The predicted octanol–water partition coefficient (Wildman–Crippen LogP) is 2.26. The first kappa shape index (κ1) is 19.6. The van der Waals surface area contributed by atoms with Crippen LogP contribution >= 0.6 is 0 Å². The summed E-state index contributed by atoms with van der Waals surface area (Å²) in [6, 6.07) is 10.1. The maximum absolute atomic E-state index is 13.1. The second kappa shape index (κ2) is 8.09. The van der Waals surface area contributed by atoms with E-state index in [4.69, 9.17) is 0 Å². The van der Waals surface area contributed by atoms with Gasteiger partial charge >= 0.3 is 5.97 Å². The van der Waals surface area contributed by atoms with E-state index in [1.807, 2.05) is 0 Å². The van der Waals surface area contributed by atoms with Crippen LogP contribution in [0.25, 0.3) is 0 Å². The van der Waals surface area contributed by atoms with Crippen LogP contribution < -0.4 is 5.32 Å². The molecule has 6 nitrogen and oxygen atoms in total. The summed E-state index contributed by atoms with van der Waals surface area (Å²) in [5.41, 5.74) is 0.771. The summed E-state index contributed by atoms with van der Waals surface area (Å²) in [6.45, 7) is 0. The Morgan fingerprint density at radius 3 is 2.15 bits per heavy atom. The van der Waals surface area contributed by atoms with E-state index in [0.29, 0.717) is 5.56 Å². The SMILES string of the molecule is COC(=O)C[C@H](NC(=O)c1ccc(S(C)(=O)=O)cc1)c1ccc(F)cc1. The van der Waals surface area contributed by atoms with E-state index in [1.165, 1.54) is 55.6 Å². The number of hydrogen-bond acceptors (Lipinski definition) is 5. The Kier molecular flexibility index (Phi) is 6.10. The molecule has 0 saturated heterocycles. The number of rotatable bonds is 6. The molecule has 0 aliphatic heterocycles. The molecule has 0 saturated carbocycles. The van der Waals surface area contributed by atoms with E-state index in [0.717, 1.165) is 6.26 Å². The summed E-state index contributed by atoms with van der Waals surface area (Å²) in [7, 11) is -2.13. The first-order chi connectivity index (χ1) is 12.2. The third-order valence-electron chi connectivity index (χ3n) is 3.72. The molecule has 0 fully saturated rings. The molecule has 0 aliphatic rings. The van der Waals surface area contributed by atoms with Crippen molar-refractivity contribution in [3.05, 3.63) is 65.5 Å². The molecule has 0 aliphatic carbocycles. The van der Waals surface area contributed by atoms with Crippen molar-refractivity contribution in [3.8, 4) is 0 Å². The van der Waals surface area contributed by atoms with Gasteiger partial charge in [0.05, 0.1) is 24.5 Å². The zero-order chi connectivity index (χ0) is 19.3. The van der Waals surface area contributed by atoms with Gasteiger partial charge in [-0.1, -0.05) is 12.1 Å². The summed E-state index contributed by atoms with van der Waals surface area (Å²) in [5.74, 6) is -1.47. The van der Waals surface area contributed by atoms with E-state index < -0.39 is 33.6 Å². The number of nitrogens with one attached hydrogen (secondary N) is 1. The molecule has 2 aromatic rings. The second-order valence-corrected chi connectivity index (χ2v) is 7.67. The van der Waals surface area contributed by atoms with E-state index in [1.54, 1.807) is 0 Å². The third-order valence-corrected chi connectivity index (χ3v) is 4.85. The lowest BCUT2D eigenvalue weighted by Gasteiger charge is -2.18. The molecule has 0 radical (unpaired) electrons. The van der Waals surface area contributed by atoms with Gasteiger partial charge in [-0.25, -0.2) is 12.8 Å². The van der Waals surface area contributed by atoms with Crippen molar-refractivity contribution in [2.24, 2.45) is 0 Å². The number of amides is 1. The molecule has 8 heteroatoms. The minimum atomic E-state index is -3.36. The van der Waals surface area contributed by atoms with Crippen LogP contribution in [0.15, 0.2) is 53.4 Å². The Morgan fingerprint density at radius 1 is 1.08 bits per heavy atom. The molecule has 1 atom stereocenters. The summed E-state index contributed by atoms with van der Waals surface area (Å²) >= 11 is 0. The first-order valence-corrected chi connectivity index (χ1v) is 9.53. The lowest BCUT2D eigenvalue weighted by atomic mass is 10.0. The minimum absolute atomic E-state index is 0.0960. The summed E-state index contributed by atoms with van der Waals surface area (Å²) < 4.78 is 40.7. The van der Waals surface area contributed by atoms with Crippen molar-refractivity contribution < 1.29 is 27.1 Å².